The van der Waals surface area contributed by atoms with Crippen LogP contribution in [0.15, 0.2) is 29.5 Å². The molecule has 1 aliphatic rings. The summed E-state index contributed by atoms with van der Waals surface area (Å²) in [7, 11) is 2.03. The van der Waals surface area contributed by atoms with Gasteiger partial charge in [-0.1, -0.05) is 17.7 Å². The summed E-state index contributed by atoms with van der Waals surface area (Å²) in [5.74, 6) is 1.70. The van der Waals surface area contributed by atoms with Crippen LogP contribution in [0.5, 0.6) is 0 Å². The van der Waals surface area contributed by atoms with Crippen molar-refractivity contribution in [2.24, 2.45) is 4.99 Å². The minimum Gasteiger partial charge on any atom is -0.352 e. The van der Waals surface area contributed by atoms with Crippen molar-refractivity contribution in [2.45, 2.75) is 13.5 Å². The molecule has 0 saturated heterocycles. The first kappa shape index (κ1) is 13.9. The van der Waals surface area contributed by atoms with Crippen molar-refractivity contribution in [2.75, 3.05) is 20.1 Å². The lowest BCUT2D eigenvalue weighted by Gasteiger charge is -2.16. The Morgan fingerprint density at radius 1 is 1.38 bits per heavy atom. The molecule has 1 aliphatic heterocycles. The van der Waals surface area contributed by atoms with Crippen molar-refractivity contribution in [3.05, 3.63) is 40.8 Å². The molecule has 0 radical (unpaired) electrons. The summed E-state index contributed by atoms with van der Waals surface area (Å²) in [6, 6.07) is 4.04. The monoisotopic (exact) mass is 304 g/mol. The highest BCUT2D eigenvalue weighted by atomic mass is 35.5. The van der Waals surface area contributed by atoms with Crippen LogP contribution in [0.2, 0.25) is 5.02 Å². The minimum absolute atomic E-state index is 0.595. The van der Waals surface area contributed by atoms with E-state index in [2.05, 4.69) is 31.4 Å². The van der Waals surface area contributed by atoms with Crippen LogP contribution in [0, 0.1) is 6.92 Å². The van der Waals surface area contributed by atoms with E-state index in [0.29, 0.717) is 11.6 Å². The Balaban J connectivity index is 1.84. The zero-order valence-electron chi connectivity index (χ0n) is 12.0. The number of aliphatic imine (C=N–C) groups is 1. The number of aryl methyl sites for hydroxylation is 1. The fraction of sp³-hybridized carbons (Fsp3) is 0.357. The Labute approximate surface area is 128 Å². The average molecular weight is 305 g/mol. The van der Waals surface area contributed by atoms with E-state index >= 15 is 0 Å². The Hall–Kier alpha value is -2.08. The molecule has 7 heteroatoms. The first-order valence-electron chi connectivity index (χ1n) is 6.80. The van der Waals surface area contributed by atoms with E-state index in [1.165, 1.54) is 0 Å². The summed E-state index contributed by atoms with van der Waals surface area (Å²) in [6.45, 7) is 4.40. The molecular weight excluding hydrogens is 288 g/mol. The second-order valence-corrected chi connectivity index (χ2v) is 5.46. The van der Waals surface area contributed by atoms with Crippen molar-refractivity contribution in [1.29, 1.82) is 0 Å². The highest BCUT2D eigenvalue weighted by molar-refractivity contribution is 6.30. The van der Waals surface area contributed by atoms with Crippen LogP contribution in [0.4, 0.5) is 0 Å². The quantitative estimate of drug-likeness (QED) is 0.936. The number of likely N-dealkylation sites (N-methyl/N-ethyl adjacent to an activating group) is 1. The van der Waals surface area contributed by atoms with Crippen molar-refractivity contribution >= 4 is 17.6 Å². The van der Waals surface area contributed by atoms with Gasteiger partial charge in [0.25, 0.3) is 0 Å². The molecule has 3 rings (SSSR count). The van der Waals surface area contributed by atoms with E-state index in [1.54, 1.807) is 17.1 Å². The number of hydrogen-bond donors (Lipinski definition) is 1. The molecule has 1 N–H and O–H groups in total. The lowest BCUT2D eigenvalue weighted by atomic mass is 10.2. The van der Waals surface area contributed by atoms with Crippen LogP contribution in [0.1, 0.15) is 11.3 Å². The molecule has 110 valence electrons. The number of rotatable bonds is 3. The summed E-state index contributed by atoms with van der Waals surface area (Å²) in [5.41, 5.74) is 1.99. The van der Waals surface area contributed by atoms with Crippen LogP contribution in [0.25, 0.3) is 5.82 Å². The molecule has 6 nitrogen and oxygen atoms in total. The summed E-state index contributed by atoms with van der Waals surface area (Å²) in [4.78, 5) is 11.1. The van der Waals surface area contributed by atoms with E-state index in [9.17, 15) is 0 Å². The maximum Gasteiger partial charge on any atom is 0.194 e. The number of hydrogen-bond acceptors (Lipinski definition) is 5. The maximum atomic E-state index is 5.95. The van der Waals surface area contributed by atoms with Gasteiger partial charge in [-0.25, -0.2) is 9.67 Å². The van der Waals surface area contributed by atoms with Gasteiger partial charge in [0.2, 0.25) is 0 Å². The number of aromatic nitrogens is 3. The standard InChI is InChI=1S/C14H17ClN6/c1-10-3-4-11(7-17-14-16-5-6-20(14)2)13(19-10)21-9-12(15)8-18-21/h3-4,8-9H,5-7H2,1-2H3,(H,16,17). The lowest BCUT2D eigenvalue weighted by Crippen LogP contribution is -2.35. The molecule has 0 unspecified atom stereocenters. The minimum atomic E-state index is 0.595. The normalized spacial score (nSPS) is 14.4. The molecule has 0 fully saturated rings. The van der Waals surface area contributed by atoms with Gasteiger partial charge in [-0.15, -0.1) is 0 Å². The van der Waals surface area contributed by atoms with E-state index < -0.39 is 0 Å². The molecule has 21 heavy (non-hydrogen) atoms. The predicted octanol–water partition coefficient (Wildman–Crippen LogP) is 1.62. The Morgan fingerprint density at radius 3 is 2.90 bits per heavy atom. The van der Waals surface area contributed by atoms with Crippen LogP contribution in [0.3, 0.4) is 0 Å². The van der Waals surface area contributed by atoms with Crippen molar-refractivity contribution in [3.8, 4) is 5.82 Å². The number of halogens is 1. The fourth-order valence-electron chi connectivity index (χ4n) is 2.22. The summed E-state index contributed by atoms with van der Waals surface area (Å²) < 4.78 is 1.70. The fourth-order valence-corrected chi connectivity index (χ4v) is 2.36. The highest BCUT2D eigenvalue weighted by Gasteiger charge is 2.14. The van der Waals surface area contributed by atoms with Crippen molar-refractivity contribution in [3.63, 3.8) is 0 Å². The van der Waals surface area contributed by atoms with Crippen LogP contribution < -0.4 is 5.32 Å². The van der Waals surface area contributed by atoms with Crippen LogP contribution >= 0.6 is 11.6 Å². The molecule has 3 heterocycles. The second kappa shape index (κ2) is 5.73. The molecule has 0 amide bonds. The number of pyridine rings is 1. The van der Waals surface area contributed by atoms with Gasteiger partial charge in [0.05, 0.1) is 24.0 Å². The van der Waals surface area contributed by atoms with Gasteiger partial charge >= 0.3 is 0 Å². The zero-order chi connectivity index (χ0) is 14.8. The largest absolute Gasteiger partial charge is 0.352 e. The van der Waals surface area contributed by atoms with Gasteiger partial charge in [-0.05, 0) is 13.0 Å². The maximum absolute atomic E-state index is 5.95. The van der Waals surface area contributed by atoms with E-state index in [-0.39, 0.29) is 0 Å². The zero-order valence-corrected chi connectivity index (χ0v) is 12.8. The van der Waals surface area contributed by atoms with Gasteiger partial charge in [-0.2, -0.15) is 5.10 Å². The summed E-state index contributed by atoms with van der Waals surface area (Å²) in [6.07, 6.45) is 3.36. The smallest absolute Gasteiger partial charge is 0.194 e. The van der Waals surface area contributed by atoms with Crippen molar-refractivity contribution in [1.82, 2.24) is 25.0 Å². The molecule has 2 aromatic rings. The summed E-state index contributed by atoms with van der Waals surface area (Å²) >= 11 is 5.95. The Kier molecular flexibility index (Phi) is 3.79. The topological polar surface area (TPSA) is 58.3 Å². The van der Waals surface area contributed by atoms with E-state index in [0.717, 1.165) is 36.1 Å². The molecular formula is C14H17ClN6. The number of nitrogens with zero attached hydrogens (tertiary/aromatic N) is 5. The van der Waals surface area contributed by atoms with Crippen LogP contribution in [-0.2, 0) is 6.54 Å². The van der Waals surface area contributed by atoms with Gasteiger partial charge < -0.3 is 10.2 Å². The van der Waals surface area contributed by atoms with E-state index in [1.807, 2.05) is 20.0 Å². The Morgan fingerprint density at radius 2 is 2.24 bits per heavy atom. The lowest BCUT2D eigenvalue weighted by molar-refractivity contribution is 0.533. The van der Waals surface area contributed by atoms with Crippen molar-refractivity contribution < 1.29 is 0 Å². The predicted molar refractivity (Wildman–Crippen MR) is 82.9 cm³/mol. The second-order valence-electron chi connectivity index (χ2n) is 5.02. The molecule has 0 saturated carbocycles. The molecule has 0 bridgehead atoms. The molecule has 0 atom stereocenters. The Bertz CT molecular complexity index is 678. The average Bonchev–Trinajstić information content (AvgIpc) is 3.06. The molecule has 2 aromatic heterocycles. The summed E-state index contributed by atoms with van der Waals surface area (Å²) in [5, 5.41) is 8.18. The number of guanidine groups is 1. The van der Waals surface area contributed by atoms with Gasteiger partial charge in [0.15, 0.2) is 11.8 Å². The van der Waals surface area contributed by atoms with Gasteiger partial charge in [0.1, 0.15) is 0 Å². The van der Waals surface area contributed by atoms with E-state index in [4.69, 9.17) is 11.6 Å². The molecule has 0 aromatic carbocycles. The third-order valence-electron chi connectivity index (χ3n) is 3.36. The third-order valence-corrected chi connectivity index (χ3v) is 3.55. The SMILES string of the molecule is Cc1ccc(CNC2=NCCN2C)c(-n2cc(Cl)cn2)n1. The van der Waals surface area contributed by atoms with Gasteiger partial charge in [0, 0.05) is 31.4 Å². The number of nitrogens with one attached hydrogen (secondary N) is 1. The molecule has 0 aliphatic carbocycles. The van der Waals surface area contributed by atoms with Gasteiger partial charge in [-0.3, -0.25) is 4.99 Å². The third kappa shape index (κ3) is 3.00. The first-order valence-corrected chi connectivity index (χ1v) is 7.18. The van der Waals surface area contributed by atoms with Crippen LogP contribution in [-0.4, -0.2) is 45.8 Å². The highest BCUT2D eigenvalue weighted by Crippen LogP contribution is 2.15. The molecule has 0 spiro atoms. The first-order chi connectivity index (χ1) is 10.1.